The third-order valence-corrected chi connectivity index (χ3v) is 0.533. The van der Waals surface area contributed by atoms with Gasteiger partial charge in [-0.05, 0) is 12.8 Å². The van der Waals surface area contributed by atoms with E-state index in [1.165, 1.54) is 0 Å². The topological polar surface area (TPSA) is 112 Å². The summed E-state index contributed by atoms with van der Waals surface area (Å²) >= 11 is 0. The number of carbonyl (C=O) groups excluding carboxylic acids is 2. The molecule has 0 saturated carbocycles. The summed E-state index contributed by atoms with van der Waals surface area (Å²) in [5.74, 6) is -2.73. The average Bonchev–Trinajstić information content (AvgIpc) is 1.61. The molecule has 0 rings (SSSR count). The van der Waals surface area contributed by atoms with Crippen LogP contribution in [0.3, 0.4) is 0 Å². The van der Waals surface area contributed by atoms with Crippen LogP contribution < -0.4 is 10.2 Å². The Morgan fingerprint density at radius 2 is 1.22 bits per heavy atom. The molecule has 5 heteroatoms. The highest BCUT2D eigenvalue weighted by Crippen LogP contribution is 1.81. The molecular weight excluding hydrogens is 128 g/mol. The standard InChI is InChI=1S/C4H6O4.H2O/c5-3(6)1-2-4(7)8;/h1-2H2,(H,5,6)(H,7,8);1H2/p-2. The van der Waals surface area contributed by atoms with Crippen molar-refractivity contribution in [3.8, 4) is 0 Å². The second-order valence-corrected chi connectivity index (χ2v) is 1.24. The molecular formula is C4H6O5-2. The molecule has 0 heterocycles. The van der Waals surface area contributed by atoms with Gasteiger partial charge in [0.25, 0.3) is 0 Å². The van der Waals surface area contributed by atoms with Gasteiger partial charge in [0, 0.05) is 11.9 Å². The van der Waals surface area contributed by atoms with E-state index in [2.05, 4.69) is 0 Å². The predicted octanol–water partition coefficient (Wildman–Crippen LogP) is -3.56. The number of carbonyl (C=O) groups is 2. The van der Waals surface area contributed by atoms with Crippen molar-refractivity contribution in [2.24, 2.45) is 0 Å². The van der Waals surface area contributed by atoms with Gasteiger partial charge in [-0.25, -0.2) is 0 Å². The van der Waals surface area contributed by atoms with Crippen molar-refractivity contribution in [3.63, 3.8) is 0 Å². The van der Waals surface area contributed by atoms with Gasteiger partial charge in [0.2, 0.25) is 0 Å². The van der Waals surface area contributed by atoms with Crippen LogP contribution in [0.5, 0.6) is 0 Å². The molecule has 2 N–H and O–H groups in total. The van der Waals surface area contributed by atoms with Crippen molar-refractivity contribution in [1.29, 1.82) is 0 Å². The average molecular weight is 134 g/mol. The van der Waals surface area contributed by atoms with Gasteiger partial charge in [-0.2, -0.15) is 0 Å². The zero-order chi connectivity index (χ0) is 6.57. The number of rotatable bonds is 3. The van der Waals surface area contributed by atoms with Crippen molar-refractivity contribution < 1.29 is 25.3 Å². The number of carboxylic acids is 2. The largest absolute Gasteiger partial charge is 0.550 e. The Balaban J connectivity index is 0. The van der Waals surface area contributed by atoms with Crippen LogP contribution in [0.25, 0.3) is 0 Å². The lowest BCUT2D eigenvalue weighted by Gasteiger charge is -2.00. The Kier molecular flexibility index (Phi) is 6.06. The molecule has 5 nitrogen and oxygen atoms in total. The van der Waals surface area contributed by atoms with E-state index >= 15 is 0 Å². The number of hydrogen-bond donors (Lipinski definition) is 0. The monoisotopic (exact) mass is 134 g/mol. The zero-order valence-electron chi connectivity index (χ0n) is 4.55. The summed E-state index contributed by atoms with van der Waals surface area (Å²) < 4.78 is 0. The fourth-order valence-electron chi connectivity index (χ4n) is 0.204. The molecule has 0 aromatic carbocycles. The summed E-state index contributed by atoms with van der Waals surface area (Å²) in [5.41, 5.74) is 0. The van der Waals surface area contributed by atoms with Gasteiger partial charge in [-0.3, -0.25) is 0 Å². The minimum Gasteiger partial charge on any atom is -0.550 e. The van der Waals surface area contributed by atoms with Gasteiger partial charge in [0.1, 0.15) is 0 Å². The molecule has 0 unspecified atom stereocenters. The van der Waals surface area contributed by atoms with Crippen LogP contribution in [-0.4, -0.2) is 17.4 Å². The first-order valence-corrected chi connectivity index (χ1v) is 2.02. The van der Waals surface area contributed by atoms with Gasteiger partial charge in [-0.1, -0.05) is 0 Å². The van der Waals surface area contributed by atoms with Gasteiger partial charge in [0.15, 0.2) is 0 Å². The number of carboxylic acid groups (broad SMARTS) is 2. The summed E-state index contributed by atoms with van der Waals surface area (Å²) in [5, 5.41) is 19.0. The van der Waals surface area contributed by atoms with E-state index in [-0.39, 0.29) is 5.48 Å². The highest BCUT2D eigenvalue weighted by atomic mass is 16.4. The molecule has 0 aromatic heterocycles. The van der Waals surface area contributed by atoms with Crippen LogP contribution in [0, 0.1) is 0 Å². The lowest BCUT2D eigenvalue weighted by molar-refractivity contribution is -0.315. The fourth-order valence-corrected chi connectivity index (χ4v) is 0.204. The molecule has 0 spiro atoms. The van der Waals surface area contributed by atoms with Gasteiger partial charge in [-0.15, -0.1) is 0 Å². The zero-order valence-corrected chi connectivity index (χ0v) is 4.55. The van der Waals surface area contributed by atoms with E-state index in [0.29, 0.717) is 0 Å². The molecule has 0 atom stereocenters. The Bertz CT molecular complexity index is 93.5. The van der Waals surface area contributed by atoms with E-state index in [1.807, 2.05) is 0 Å². The Morgan fingerprint density at radius 3 is 1.33 bits per heavy atom. The van der Waals surface area contributed by atoms with E-state index < -0.39 is 24.8 Å². The minimum absolute atomic E-state index is 0. The van der Waals surface area contributed by atoms with Crippen LogP contribution in [-0.2, 0) is 9.59 Å². The number of hydrogen-bond acceptors (Lipinski definition) is 4. The van der Waals surface area contributed by atoms with E-state index in [0.717, 1.165) is 0 Å². The summed E-state index contributed by atoms with van der Waals surface area (Å²) in [7, 11) is 0. The SMILES string of the molecule is O.O=C([O-])CCC(=O)[O-]. The summed E-state index contributed by atoms with van der Waals surface area (Å²) in [6, 6.07) is 0. The first-order chi connectivity index (χ1) is 3.63. The molecule has 0 amide bonds. The molecule has 0 bridgehead atoms. The van der Waals surface area contributed by atoms with Crippen molar-refractivity contribution in [2.45, 2.75) is 12.8 Å². The van der Waals surface area contributed by atoms with Crippen LogP contribution in [0.2, 0.25) is 0 Å². The molecule has 0 aliphatic heterocycles. The quantitative estimate of drug-likeness (QED) is 0.397. The van der Waals surface area contributed by atoms with Crippen molar-refractivity contribution in [2.75, 3.05) is 0 Å². The van der Waals surface area contributed by atoms with Crippen LogP contribution in [0.4, 0.5) is 0 Å². The third-order valence-electron chi connectivity index (χ3n) is 0.533. The van der Waals surface area contributed by atoms with Crippen molar-refractivity contribution in [3.05, 3.63) is 0 Å². The maximum Gasteiger partial charge on any atom is 0.0418 e. The second-order valence-electron chi connectivity index (χ2n) is 1.24. The summed E-state index contributed by atoms with van der Waals surface area (Å²) in [4.78, 5) is 19.0. The maximum absolute atomic E-state index is 9.50. The van der Waals surface area contributed by atoms with Crippen LogP contribution >= 0.6 is 0 Å². The first-order valence-electron chi connectivity index (χ1n) is 2.02. The molecule has 9 heavy (non-hydrogen) atoms. The molecule has 0 aliphatic carbocycles. The predicted molar refractivity (Wildman–Crippen MR) is 22.9 cm³/mol. The highest BCUT2D eigenvalue weighted by molar-refractivity contribution is 5.72. The number of aliphatic carboxylic acids is 2. The fraction of sp³-hybridized carbons (Fsp3) is 0.500. The smallest absolute Gasteiger partial charge is 0.0418 e. The van der Waals surface area contributed by atoms with Crippen molar-refractivity contribution in [1.82, 2.24) is 0 Å². The van der Waals surface area contributed by atoms with E-state index in [4.69, 9.17) is 0 Å². The highest BCUT2D eigenvalue weighted by Gasteiger charge is 1.85. The Morgan fingerprint density at radius 1 is 1.00 bits per heavy atom. The first kappa shape index (κ1) is 10.8. The van der Waals surface area contributed by atoms with Crippen molar-refractivity contribution >= 4 is 11.9 Å². The van der Waals surface area contributed by atoms with Gasteiger partial charge < -0.3 is 25.3 Å². The minimum atomic E-state index is -1.37. The normalized spacial score (nSPS) is 7.56. The molecule has 0 radical (unpaired) electrons. The molecule has 54 valence electrons. The second kappa shape index (κ2) is 5.04. The van der Waals surface area contributed by atoms with E-state index in [9.17, 15) is 19.8 Å². The Hall–Kier alpha value is -1.10. The van der Waals surface area contributed by atoms with Gasteiger partial charge in [0.05, 0.1) is 0 Å². The Labute approximate surface area is 51.2 Å². The lowest BCUT2D eigenvalue weighted by Crippen LogP contribution is -2.27. The molecule has 0 aromatic rings. The molecule has 0 saturated heterocycles. The molecule has 0 fully saturated rings. The van der Waals surface area contributed by atoms with Crippen LogP contribution in [0.15, 0.2) is 0 Å². The maximum atomic E-state index is 9.50. The van der Waals surface area contributed by atoms with Gasteiger partial charge >= 0.3 is 0 Å². The third kappa shape index (κ3) is 10.9. The summed E-state index contributed by atoms with van der Waals surface area (Å²) in [6.07, 6.45) is -0.940. The van der Waals surface area contributed by atoms with E-state index in [1.54, 1.807) is 0 Å². The molecule has 0 aliphatic rings. The lowest BCUT2D eigenvalue weighted by atomic mass is 10.3. The summed E-state index contributed by atoms with van der Waals surface area (Å²) in [6.45, 7) is 0. The van der Waals surface area contributed by atoms with Crippen LogP contribution in [0.1, 0.15) is 12.8 Å².